The molecule has 1 fully saturated rings. The molecule has 0 aromatic heterocycles. The Bertz CT molecular complexity index is 400. The summed E-state index contributed by atoms with van der Waals surface area (Å²) in [5, 5.41) is 9.30. The minimum Gasteiger partial charge on any atom is -0.478 e. The molecule has 86 valence electrons. The molecule has 0 atom stereocenters. The van der Waals surface area contributed by atoms with Gasteiger partial charge in [0.05, 0.1) is 11.3 Å². The van der Waals surface area contributed by atoms with E-state index < -0.39 is 5.97 Å². The second-order valence-electron chi connectivity index (χ2n) is 3.85. The molecule has 0 unspecified atom stereocenters. The Morgan fingerprint density at radius 2 is 2.06 bits per heavy atom. The van der Waals surface area contributed by atoms with Crippen LogP contribution in [-0.2, 0) is 0 Å². The SMILES string of the molecule is CSc1cccc(N2CCCC2)c1C(=O)O. The first kappa shape index (κ1) is 11.3. The molecule has 0 spiro atoms. The van der Waals surface area contributed by atoms with Gasteiger partial charge in [-0.05, 0) is 31.2 Å². The van der Waals surface area contributed by atoms with Crippen molar-refractivity contribution >= 4 is 23.4 Å². The Kier molecular flexibility index (Phi) is 3.39. The molecule has 0 saturated carbocycles. The summed E-state index contributed by atoms with van der Waals surface area (Å²) in [7, 11) is 0. The van der Waals surface area contributed by atoms with Crippen LogP contribution >= 0.6 is 11.8 Å². The number of carboxylic acids is 1. The summed E-state index contributed by atoms with van der Waals surface area (Å²) in [5.74, 6) is -0.827. The second kappa shape index (κ2) is 4.78. The smallest absolute Gasteiger partial charge is 0.338 e. The van der Waals surface area contributed by atoms with Gasteiger partial charge in [-0.1, -0.05) is 6.07 Å². The van der Waals surface area contributed by atoms with Crippen LogP contribution < -0.4 is 4.90 Å². The van der Waals surface area contributed by atoms with E-state index in [0.717, 1.165) is 36.5 Å². The summed E-state index contributed by atoms with van der Waals surface area (Å²) in [6.07, 6.45) is 4.22. The van der Waals surface area contributed by atoms with Gasteiger partial charge in [0.1, 0.15) is 0 Å². The van der Waals surface area contributed by atoms with E-state index in [-0.39, 0.29) is 0 Å². The van der Waals surface area contributed by atoms with Gasteiger partial charge in [0.2, 0.25) is 0 Å². The van der Waals surface area contributed by atoms with Gasteiger partial charge in [0.15, 0.2) is 0 Å². The lowest BCUT2D eigenvalue weighted by atomic mass is 10.1. The summed E-state index contributed by atoms with van der Waals surface area (Å²) in [5.41, 5.74) is 1.33. The monoisotopic (exact) mass is 237 g/mol. The molecule has 4 heteroatoms. The van der Waals surface area contributed by atoms with E-state index >= 15 is 0 Å². The van der Waals surface area contributed by atoms with Crippen LogP contribution in [0.2, 0.25) is 0 Å². The second-order valence-corrected chi connectivity index (χ2v) is 4.70. The maximum Gasteiger partial charge on any atom is 0.338 e. The summed E-state index contributed by atoms with van der Waals surface area (Å²) in [4.78, 5) is 14.3. The molecule has 1 aromatic carbocycles. The number of thioether (sulfide) groups is 1. The van der Waals surface area contributed by atoms with Crippen molar-refractivity contribution in [1.29, 1.82) is 0 Å². The zero-order valence-electron chi connectivity index (χ0n) is 9.27. The normalized spacial score (nSPS) is 15.4. The van der Waals surface area contributed by atoms with Crippen LogP contribution in [0, 0.1) is 0 Å². The average Bonchev–Trinajstić information content (AvgIpc) is 2.81. The van der Waals surface area contributed by atoms with Gasteiger partial charge in [0.25, 0.3) is 0 Å². The highest BCUT2D eigenvalue weighted by atomic mass is 32.2. The third kappa shape index (κ3) is 2.02. The Morgan fingerprint density at radius 3 is 2.62 bits per heavy atom. The molecule has 1 aromatic rings. The molecular formula is C12H15NO2S. The van der Waals surface area contributed by atoms with E-state index in [4.69, 9.17) is 0 Å². The number of aromatic carboxylic acids is 1. The standard InChI is InChI=1S/C12H15NO2S/c1-16-10-6-4-5-9(11(10)12(14)15)13-7-2-3-8-13/h4-6H,2-3,7-8H2,1H3,(H,14,15). The predicted molar refractivity (Wildman–Crippen MR) is 66.6 cm³/mol. The maximum absolute atomic E-state index is 11.3. The number of rotatable bonds is 3. The lowest BCUT2D eigenvalue weighted by Gasteiger charge is -2.21. The van der Waals surface area contributed by atoms with Crippen molar-refractivity contribution in [3.8, 4) is 0 Å². The van der Waals surface area contributed by atoms with Crippen LogP contribution in [0.25, 0.3) is 0 Å². The first-order valence-corrected chi connectivity index (χ1v) is 6.61. The summed E-state index contributed by atoms with van der Waals surface area (Å²) in [6.45, 7) is 1.94. The number of carboxylic acid groups (broad SMARTS) is 1. The lowest BCUT2D eigenvalue weighted by molar-refractivity contribution is 0.0694. The maximum atomic E-state index is 11.3. The van der Waals surface area contributed by atoms with Crippen molar-refractivity contribution in [2.24, 2.45) is 0 Å². The molecule has 1 heterocycles. The topological polar surface area (TPSA) is 40.5 Å². The minimum absolute atomic E-state index is 0.455. The molecule has 0 aliphatic carbocycles. The van der Waals surface area contributed by atoms with Gasteiger partial charge >= 0.3 is 5.97 Å². The largest absolute Gasteiger partial charge is 0.478 e. The summed E-state index contributed by atoms with van der Waals surface area (Å²) in [6, 6.07) is 5.72. The number of benzene rings is 1. The van der Waals surface area contributed by atoms with Crippen molar-refractivity contribution in [1.82, 2.24) is 0 Å². The summed E-state index contributed by atoms with van der Waals surface area (Å²) < 4.78 is 0. The molecule has 1 saturated heterocycles. The van der Waals surface area contributed by atoms with Crippen molar-refractivity contribution in [2.75, 3.05) is 24.2 Å². The molecule has 2 rings (SSSR count). The predicted octanol–water partition coefficient (Wildman–Crippen LogP) is 2.71. The molecule has 0 amide bonds. The number of nitrogens with zero attached hydrogens (tertiary/aromatic N) is 1. The fraction of sp³-hybridized carbons (Fsp3) is 0.417. The van der Waals surface area contributed by atoms with Gasteiger partial charge in [-0.3, -0.25) is 0 Å². The molecule has 1 N–H and O–H groups in total. The van der Waals surface area contributed by atoms with Gasteiger partial charge in [-0.2, -0.15) is 0 Å². The highest BCUT2D eigenvalue weighted by Crippen LogP contribution is 2.31. The number of hydrogen-bond donors (Lipinski definition) is 1. The molecule has 16 heavy (non-hydrogen) atoms. The van der Waals surface area contributed by atoms with E-state index in [1.165, 1.54) is 11.8 Å². The average molecular weight is 237 g/mol. The molecular weight excluding hydrogens is 222 g/mol. The van der Waals surface area contributed by atoms with Crippen LogP contribution in [0.3, 0.4) is 0 Å². The van der Waals surface area contributed by atoms with E-state index in [1.807, 2.05) is 24.5 Å². The quantitative estimate of drug-likeness (QED) is 0.821. The van der Waals surface area contributed by atoms with Gasteiger partial charge in [-0.25, -0.2) is 4.79 Å². The molecule has 3 nitrogen and oxygen atoms in total. The highest BCUT2D eigenvalue weighted by Gasteiger charge is 2.21. The zero-order chi connectivity index (χ0) is 11.5. The molecule has 0 bridgehead atoms. The van der Waals surface area contributed by atoms with Crippen molar-refractivity contribution < 1.29 is 9.90 Å². The van der Waals surface area contributed by atoms with Gasteiger partial charge in [-0.15, -0.1) is 11.8 Å². The van der Waals surface area contributed by atoms with Crippen molar-refractivity contribution in [3.05, 3.63) is 23.8 Å². The van der Waals surface area contributed by atoms with Crippen molar-refractivity contribution in [3.63, 3.8) is 0 Å². The zero-order valence-corrected chi connectivity index (χ0v) is 10.1. The first-order chi connectivity index (χ1) is 7.74. The van der Waals surface area contributed by atoms with E-state index in [9.17, 15) is 9.90 Å². The fourth-order valence-corrected chi connectivity index (χ4v) is 2.74. The first-order valence-electron chi connectivity index (χ1n) is 5.39. The Balaban J connectivity index is 2.46. The molecule has 0 radical (unpaired) electrons. The van der Waals surface area contributed by atoms with Crippen LogP contribution in [0.4, 0.5) is 5.69 Å². The molecule has 1 aliphatic heterocycles. The number of carbonyl (C=O) groups is 1. The fourth-order valence-electron chi connectivity index (χ4n) is 2.13. The van der Waals surface area contributed by atoms with Crippen LogP contribution in [0.5, 0.6) is 0 Å². The van der Waals surface area contributed by atoms with Crippen LogP contribution in [0.15, 0.2) is 23.1 Å². The van der Waals surface area contributed by atoms with Gasteiger partial charge < -0.3 is 10.0 Å². The Labute approximate surface area is 99.5 Å². The van der Waals surface area contributed by atoms with Crippen LogP contribution in [0.1, 0.15) is 23.2 Å². The Morgan fingerprint density at radius 1 is 1.38 bits per heavy atom. The third-order valence-corrected chi connectivity index (χ3v) is 3.66. The van der Waals surface area contributed by atoms with Crippen LogP contribution in [-0.4, -0.2) is 30.4 Å². The van der Waals surface area contributed by atoms with E-state index in [0.29, 0.717) is 5.56 Å². The van der Waals surface area contributed by atoms with Gasteiger partial charge in [0, 0.05) is 18.0 Å². The minimum atomic E-state index is -0.827. The third-order valence-electron chi connectivity index (χ3n) is 2.88. The number of anilines is 1. The molecule has 1 aliphatic rings. The van der Waals surface area contributed by atoms with E-state index in [1.54, 1.807) is 0 Å². The summed E-state index contributed by atoms with van der Waals surface area (Å²) >= 11 is 1.49. The lowest BCUT2D eigenvalue weighted by Crippen LogP contribution is -2.21. The number of hydrogen-bond acceptors (Lipinski definition) is 3. The van der Waals surface area contributed by atoms with Crippen molar-refractivity contribution in [2.45, 2.75) is 17.7 Å². The van der Waals surface area contributed by atoms with E-state index in [2.05, 4.69) is 4.90 Å². The highest BCUT2D eigenvalue weighted by molar-refractivity contribution is 7.98. The Hall–Kier alpha value is -1.16.